The standard InChI is InChI=1S/C36H34ClN3O3S/c1-20(2)25-12-14-26(15-13-25)33-31(35(42)43-6)22(4)38-36-40(33)34(41)30(44-36)18-29-23(5)39(19-24-10-16-27(37)17-11-24)32-21(3)8-7-9-28(29)32/h7-18,20,33H,19H2,1-6H3/b30-18-/t33-/m1/s1. The molecule has 0 aliphatic carbocycles. The van der Waals surface area contributed by atoms with Gasteiger partial charge in [0, 0.05) is 28.2 Å². The van der Waals surface area contributed by atoms with Gasteiger partial charge in [0.25, 0.3) is 5.56 Å². The van der Waals surface area contributed by atoms with Crippen LogP contribution < -0.4 is 14.9 Å². The Morgan fingerprint density at radius 3 is 2.41 bits per heavy atom. The molecule has 3 heterocycles. The summed E-state index contributed by atoms with van der Waals surface area (Å²) in [6.45, 7) is 11.0. The average molecular weight is 624 g/mol. The van der Waals surface area contributed by atoms with Crippen molar-refractivity contribution in [2.24, 2.45) is 4.99 Å². The minimum absolute atomic E-state index is 0.189. The number of thiazole rings is 1. The summed E-state index contributed by atoms with van der Waals surface area (Å²) in [5.41, 5.74) is 8.22. The fourth-order valence-electron chi connectivity index (χ4n) is 6.10. The number of rotatable bonds is 6. The van der Waals surface area contributed by atoms with E-state index in [-0.39, 0.29) is 5.56 Å². The van der Waals surface area contributed by atoms with Crippen LogP contribution in [-0.2, 0) is 16.1 Å². The van der Waals surface area contributed by atoms with E-state index in [1.54, 1.807) is 11.5 Å². The number of esters is 1. The van der Waals surface area contributed by atoms with Crippen molar-refractivity contribution in [3.05, 3.63) is 136 Å². The number of carbonyl (C=O) groups excluding carboxylic acids is 1. The summed E-state index contributed by atoms with van der Waals surface area (Å²) in [7, 11) is 1.36. The monoisotopic (exact) mass is 623 g/mol. The van der Waals surface area contributed by atoms with Crippen molar-refractivity contribution in [3.63, 3.8) is 0 Å². The summed E-state index contributed by atoms with van der Waals surface area (Å²) in [6.07, 6.45) is 1.98. The van der Waals surface area contributed by atoms with E-state index in [9.17, 15) is 9.59 Å². The van der Waals surface area contributed by atoms with Gasteiger partial charge < -0.3 is 9.30 Å². The van der Waals surface area contributed by atoms with Gasteiger partial charge >= 0.3 is 5.97 Å². The molecule has 0 spiro atoms. The molecule has 1 aliphatic rings. The fraction of sp³-hybridized carbons (Fsp3) is 0.250. The zero-order valence-electron chi connectivity index (χ0n) is 25.6. The van der Waals surface area contributed by atoms with Crippen LogP contribution in [0.3, 0.4) is 0 Å². The first-order valence-corrected chi connectivity index (χ1v) is 15.8. The third kappa shape index (κ3) is 5.14. The maximum absolute atomic E-state index is 14.3. The molecule has 6 rings (SSSR count). The van der Waals surface area contributed by atoms with Gasteiger partial charge in [0.1, 0.15) is 0 Å². The van der Waals surface area contributed by atoms with Gasteiger partial charge in [0.15, 0.2) is 4.80 Å². The van der Waals surface area contributed by atoms with E-state index in [0.29, 0.717) is 38.1 Å². The molecule has 0 unspecified atom stereocenters. The number of nitrogens with zero attached hydrogens (tertiary/aromatic N) is 3. The molecule has 224 valence electrons. The quantitative estimate of drug-likeness (QED) is 0.195. The molecule has 1 atom stereocenters. The molecule has 0 N–H and O–H groups in total. The Labute approximate surface area is 265 Å². The van der Waals surface area contributed by atoms with Gasteiger partial charge in [-0.05, 0) is 67.2 Å². The van der Waals surface area contributed by atoms with E-state index in [4.69, 9.17) is 21.3 Å². The number of carbonyl (C=O) groups is 1. The van der Waals surface area contributed by atoms with Gasteiger partial charge in [-0.15, -0.1) is 0 Å². The second-order valence-corrected chi connectivity index (χ2v) is 13.0. The number of hydrogen-bond donors (Lipinski definition) is 0. The molecule has 3 aromatic carbocycles. The van der Waals surface area contributed by atoms with Crippen LogP contribution in [0.4, 0.5) is 0 Å². The number of ether oxygens (including phenoxy) is 1. The number of allylic oxidation sites excluding steroid dienone is 1. The molecule has 0 bridgehead atoms. The highest BCUT2D eigenvalue weighted by atomic mass is 35.5. The van der Waals surface area contributed by atoms with E-state index in [0.717, 1.165) is 38.9 Å². The number of halogens is 1. The second-order valence-electron chi connectivity index (χ2n) is 11.6. The molecule has 0 radical (unpaired) electrons. The Hall–Kier alpha value is -4.20. The number of fused-ring (bicyclic) bond motifs is 2. The molecule has 0 saturated carbocycles. The molecule has 0 amide bonds. The molecular weight excluding hydrogens is 590 g/mol. The number of aromatic nitrogens is 2. The Kier molecular flexibility index (Phi) is 7.95. The Balaban J connectivity index is 1.55. The topological polar surface area (TPSA) is 65.6 Å². The van der Waals surface area contributed by atoms with Crippen molar-refractivity contribution in [2.45, 2.75) is 53.1 Å². The predicted octanol–water partition coefficient (Wildman–Crippen LogP) is 6.80. The first-order valence-electron chi connectivity index (χ1n) is 14.6. The van der Waals surface area contributed by atoms with E-state index in [1.807, 2.05) is 42.5 Å². The van der Waals surface area contributed by atoms with Crippen molar-refractivity contribution in [2.75, 3.05) is 7.11 Å². The first kappa shape index (κ1) is 29.9. The minimum Gasteiger partial charge on any atom is -0.466 e. The Morgan fingerprint density at radius 1 is 1.05 bits per heavy atom. The van der Waals surface area contributed by atoms with Gasteiger partial charge in [-0.25, -0.2) is 9.79 Å². The van der Waals surface area contributed by atoms with Crippen molar-refractivity contribution in [1.29, 1.82) is 0 Å². The maximum Gasteiger partial charge on any atom is 0.338 e. The fourth-order valence-corrected chi connectivity index (χ4v) is 7.25. The van der Waals surface area contributed by atoms with Gasteiger partial charge in [0.2, 0.25) is 0 Å². The molecule has 0 saturated heterocycles. The van der Waals surface area contributed by atoms with Crippen molar-refractivity contribution < 1.29 is 9.53 Å². The normalized spacial score (nSPS) is 15.2. The van der Waals surface area contributed by atoms with Crippen LogP contribution in [0.2, 0.25) is 5.02 Å². The van der Waals surface area contributed by atoms with Crippen molar-refractivity contribution in [1.82, 2.24) is 9.13 Å². The Bertz CT molecular complexity index is 2130. The average Bonchev–Trinajstić information content (AvgIpc) is 3.46. The number of hydrogen-bond acceptors (Lipinski definition) is 5. The summed E-state index contributed by atoms with van der Waals surface area (Å²) in [5.74, 6) is -0.132. The van der Waals surface area contributed by atoms with Crippen LogP contribution in [0.15, 0.2) is 87.8 Å². The van der Waals surface area contributed by atoms with E-state index >= 15 is 0 Å². The lowest BCUT2D eigenvalue weighted by molar-refractivity contribution is -0.136. The lowest BCUT2D eigenvalue weighted by atomic mass is 9.93. The molecule has 8 heteroatoms. The maximum atomic E-state index is 14.3. The summed E-state index contributed by atoms with van der Waals surface area (Å²) in [6, 6.07) is 21.6. The van der Waals surface area contributed by atoms with Crippen LogP contribution in [0.1, 0.15) is 66.2 Å². The van der Waals surface area contributed by atoms with Gasteiger partial charge in [-0.1, -0.05) is 91.4 Å². The van der Waals surface area contributed by atoms with E-state index < -0.39 is 12.0 Å². The molecule has 6 nitrogen and oxygen atoms in total. The highest BCUT2D eigenvalue weighted by Crippen LogP contribution is 2.32. The largest absolute Gasteiger partial charge is 0.466 e. The summed E-state index contributed by atoms with van der Waals surface area (Å²) < 4.78 is 9.68. The molecular formula is C36H34ClN3O3S. The predicted molar refractivity (Wildman–Crippen MR) is 178 cm³/mol. The molecule has 1 aliphatic heterocycles. The first-order chi connectivity index (χ1) is 21.1. The van der Waals surface area contributed by atoms with Crippen molar-refractivity contribution >= 4 is 45.9 Å². The minimum atomic E-state index is -0.642. The summed E-state index contributed by atoms with van der Waals surface area (Å²) >= 11 is 7.49. The highest BCUT2D eigenvalue weighted by Gasteiger charge is 2.33. The van der Waals surface area contributed by atoms with Gasteiger partial charge in [-0.3, -0.25) is 9.36 Å². The zero-order valence-corrected chi connectivity index (χ0v) is 27.2. The molecule has 44 heavy (non-hydrogen) atoms. The third-order valence-corrected chi connectivity index (χ3v) is 9.70. The number of aryl methyl sites for hydroxylation is 1. The van der Waals surface area contributed by atoms with Crippen LogP contribution >= 0.6 is 22.9 Å². The summed E-state index contributed by atoms with van der Waals surface area (Å²) in [4.78, 5) is 32.6. The van der Waals surface area contributed by atoms with E-state index in [2.05, 4.69) is 62.6 Å². The van der Waals surface area contributed by atoms with Crippen LogP contribution in [0.25, 0.3) is 17.0 Å². The molecule has 0 fully saturated rings. The molecule has 5 aromatic rings. The summed E-state index contributed by atoms with van der Waals surface area (Å²) in [5, 5.41) is 1.78. The van der Waals surface area contributed by atoms with Crippen LogP contribution in [0.5, 0.6) is 0 Å². The number of methoxy groups -OCH3 is 1. The Morgan fingerprint density at radius 2 is 1.75 bits per heavy atom. The SMILES string of the molecule is COC(=O)C1=C(C)N=c2s/c(=C\c3c(C)n(Cc4ccc(Cl)cc4)c4c(C)cccc34)c(=O)n2[C@@H]1c1ccc(C(C)C)cc1. The van der Waals surface area contributed by atoms with Crippen molar-refractivity contribution in [3.8, 4) is 0 Å². The van der Waals surface area contributed by atoms with Crippen LogP contribution in [0, 0.1) is 13.8 Å². The second kappa shape index (κ2) is 11.7. The highest BCUT2D eigenvalue weighted by molar-refractivity contribution is 7.07. The molecule has 2 aromatic heterocycles. The lowest BCUT2D eigenvalue weighted by Gasteiger charge is -2.24. The zero-order chi connectivity index (χ0) is 31.3. The number of benzene rings is 3. The smallest absolute Gasteiger partial charge is 0.338 e. The van der Waals surface area contributed by atoms with E-state index in [1.165, 1.54) is 24.0 Å². The van der Waals surface area contributed by atoms with Gasteiger partial charge in [-0.2, -0.15) is 0 Å². The number of para-hydroxylation sites is 1. The van der Waals surface area contributed by atoms with Crippen LogP contribution in [-0.4, -0.2) is 22.2 Å². The third-order valence-electron chi connectivity index (χ3n) is 8.47. The lowest BCUT2D eigenvalue weighted by Crippen LogP contribution is -2.39. The van der Waals surface area contributed by atoms with Gasteiger partial charge in [0.05, 0.1) is 34.5 Å².